The lowest BCUT2D eigenvalue weighted by molar-refractivity contribution is -0.137. The Balaban J connectivity index is 3.69. The van der Waals surface area contributed by atoms with E-state index in [4.69, 9.17) is 10.2 Å². The molecular formula is C19H38N2O4. The standard InChI is InChI=1S/C19H38N2O4/c1-2-3-4-5-6-7-8-9-10-11-18(23)21(16-17-22)15-14-20-13-12-19(24)25/h20,22H,2-17H2,1H3,(H,24,25). The molecule has 1 amide bonds. The number of hydrogen-bond donors (Lipinski definition) is 3. The highest BCUT2D eigenvalue weighted by molar-refractivity contribution is 5.76. The number of carboxylic acids is 1. The predicted molar refractivity (Wildman–Crippen MR) is 101 cm³/mol. The van der Waals surface area contributed by atoms with Gasteiger partial charge in [0.2, 0.25) is 5.91 Å². The van der Waals surface area contributed by atoms with Gasteiger partial charge in [-0.05, 0) is 6.42 Å². The van der Waals surface area contributed by atoms with E-state index in [2.05, 4.69) is 12.2 Å². The second-order valence-corrected chi connectivity index (χ2v) is 6.58. The first-order valence-electron chi connectivity index (χ1n) is 9.93. The first-order valence-corrected chi connectivity index (χ1v) is 9.93. The smallest absolute Gasteiger partial charge is 0.304 e. The molecule has 0 heterocycles. The van der Waals surface area contributed by atoms with E-state index in [-0.39, 0.29) is 18.9 Å². The van der Waals surface area contributed by atoms with Crippen LogP contribution < -0.4 is 5.32 Å². The van der Waals surface area contributed by atoms with Crippen molar-refractivity contribution < 1.29 is 19.8 Å². The number of nitrogens with one attached hydrogen (secondary N) is 1. The lowest BCUT2D eigenvalue weighted by Gasteiger charge is -2.22. The molecule has 0 aliphatic rings. The van der Waals surface area contributed by atoms with Crippen LogP contribution >= 0.6 is 0 Å². The van der Waals surface area contributed by atoms with Gasteiger partial charge in [0, 0.05) is 32.6 Å². The summed E-state index contributed by atoms with van der Waals surface area (Å²) < 4.78 is 0. The van der Waals surface area contributed by atoms with Gasteiger partial charge in [0.25, 0.3) is 0 Å². The van der Waals surface area contributed by atoms with E-state index in [1.165, 1.54) is 44.9 Å². The minimum Gasteiger partial charge on any atom is -0.481 e. The summed E-state index contributed by atoms with van der Waals surface area (Å²) in [5, 5.41) is 20.7. The first-order chi connectivity index (χ1) is 12.1. The maximum atomic E-state index is 12.2. The zero-order chi connectivity index (χ0) is 18.8. The van der Waals surface area contributed by atoms with Gasteiger partial charge in [0.15, 0.2) is 0 Å². The van der Waals surface area contributed by atoms with E-state index >= 15 is 0 Å². The van der Waals surface area contributed by atoms with Crippen molar-refractivity contribution in [2.45, 2.75) is 77.6 Å². The first kappa shape index (κ1) is 23.9. The summed E-state index contributed by atoms with van der Waals surface area (Å²) in [6.07, 6.45) is 11.6. The SMILES string of the molecule is CCCCCCCCCCCC(=O)N(CCO)CCNCCC(=O)O. The lowest BCUT2D eigenvalue weighted by Crippen LogP contribution is -2.39. The molecule has 0 radical (unpaired) electrons. The number of hydrogen-bond acceptors (Lipinski definition) is 4. The lowest BCUT2D eigenvalue weighted by atomic mass is 10.1. The van der Waals surface area contributed by atoms with Crippen LogP contribution in [0.25, 0.3) is 0 Å². The van der Waals surface area contributed by atoms with Crippen LogP contribution in [0.2, 0.25) is 0 Å². The summed E-state index contributed by atoms with van der Waals surface area (Å²) in [7, 11) is 0. The molecule has 0 rings (SSSR count). The van der Waals surface area contributed by atoms with Gasteiger partial charge < -0.3 is 20.4 Å². The number of carbonyl (C=O) groups excluding carboxylic acids is 1. The van der Waals surface area contributed by atoms with Crippen LogP contribution in [-0.4, -0.2) is 59.8 Å². The normalized spacial score (nSPS) is 10.8. The fourth-order valence-corrected chi connectivity index (χ4v) is 2.76. The quantitative estimate of drug-likeness (QED) is 0.328. The topological polar surface area (TPSA) is 89.9 Å². The van der Waals surface area contributed by atoms with Gasteiger partial charge in [-0.2, -0.15) is 0 Å². The predicted octanol–water partition coefficient (Wildman–Crippen LogP) is 2.79. The van der Waals surface area contributed by atoms with Gasteiger partial charge >= 0.3 is 5.97 Å². The third kappa shape index (κ3) is 16.1. The second-order valence-electron chi connectivity index (χ2n) is 6.58. The van der Waals surface area contributed by atoms with Crippen molar-refractivity contribution in [3.05, 3.63) is 0 Å². The second kappa shape index (κ2) is 17.7. The summed E-state index contributed by atoms with van der Waals surface area (Å²) in [5.74, 6) is -0.752. The zero-order valence-corrected chi connectivity index (χ0v) is 16.0. The van der Waals surface area contributed by atoms with Gasteiger partial charge in [-0.1, -0.05) is 58.3 Å². The van der Waals surface area contributed by atoms with E-state index in [9.17, 15) is 9.59 Å². The molecule has 0 aromatic heterocycles. The Morgan fingerprint density at radius 2 is 1.44 bits per heavy atom. The largest absolute Gasteiger partial charge is 0.481 e. The van der Waals surface area contributed by atoms with Crippen molar-refractivity contribution >= 4 is 11.9 Å². The molecule has 25 heavy (non-hydrogen) atoms. The average Bonchev–Trinajstić information content (AvgIpc) is 2.58. The minimum atomic E-state index is -0.832. The summed E-state index contributed by atoms with van der Waals surface area (Å²) in [6.45, 7) is 3.99. The van der Waals surface area contributed by atoms with Gasteiger partial charge in [0.1, 0.15) is 0 Å². The number of carbonyl (C=O) groups is 2. The van der Waals surface area contributed by atoms with Crippen molar-refractivity contribution in [2.24, 2.45) is 0 Å². The third-order valence-corrected chi connectivity index (χ3v) is 4.29. The summed E-state index contributed by atoms with van der Waals surface area (Å²) in [5.41, 5.74) is 0. The summed E-state index contributed by atoms with van der Waals surface area (Å²) in [4.78, 5) is 24.3. The molecule has 3 N–H and O–H groups in total. The van der Waals surface area contributed by atoms with Gasteiger partial charge in [-0.25, -0.2) is 0 Å². The highest BCUT2D eigenvalue weighted by Gasteiger charge is 2.12. The van der Waals surface area contributed by atoms with Gasteiger partial charge in [-0.3, -0.25) is 9.59 Å². The monoisotopic (exact) mass is 358 g/mol. The Kier molecular flexibility index (Phi) is 16.9. The van der Waals surface area contributed by atoms with Gasteiger partial charge in [0.05, 0.1) is 13.0 Å². The van der Waals surface area contributed by atoms with Crippen molar-refractivity contribution in [1.82, 2.24) is 10.2 Å². The van der Waals surface area contributed by atoms with Crippen LogP contribution in [-0.2, 0) is 9.59 Å². The number of carboxylic acid groups (broad SMARTS) is 1. The maximum absolute atomic E-state index is 12.2. The number of aliphatic hydroxyl groups is 1. The van der Waals surface area contributed by atoms with Crippen LogP contribution in [0.4, 0.5) is 0 Å². The molecule has 0 fully saturated rings. The molecule has 0 aliphatic carbocycles. The van der Waals surface area contributed by atoms with Crippen molar-refractivity contribution in [1.29, 1.82) is 0 Å². The molecule has 0 aliphatic heterocycles. The van der Waals surface area contributed by atoms with E-state index in [1.54, 1.807) is 4.90 Å². The molecular weight excluding hydrogens is 320 g/mol. The number of nitrogens with zero attached hydrogens (tertiary/aromatic N) is 1. The maximum Gasteiger partial charge on any atom is 0.304 e. The Hall–Kier alpha value is -1.14. The molecule has 0 saturated carbocycles. The molecule has 0 aromatic rings. The molecule has 6 heteroatoms. The van der Waals surface area contributed by atoms with Gasteiger partial charge in [-0.15, -0.1) is 0 Å². The molecule has 0 unspecified atom stereocenters. The summed E-state index contributed by atoms with van der Waals surface area (Å²) >= 11 is 0. The van der Waals surface area contributed by atoms with Crippen molar-refractivity contribution in [2.75, 3.05) is 32.8 Å². The third-order valence-electron chi connectivity index (χ3n) is 4.29. The van der Waals surface area contributed by atoms with Crippen LogP contribution in [0, 0.1) is 0 Å². The van der Waals surface area contributed by atoms with E-state index in [0.717, 1.165) is 12.8 Å². The number of unbranched alkanes of at least 4 members (excludes halogenated alkanes) is 8. The number of aliphatic carboxylic acids is 1. The molecule has 0 aromatic carbocycles. The molecule has 0 spiro atoms. The average molecular weight is 359 g/mol. The van der Waals surface area contributed by atoms with Crippen LogP contribution in [0.3, 0.4) is 0 Å². The Morgan fingerprint density at radius 3 is 2.00 bits per heavy atom. The molecule has 0 atom stereocenters. The zero-order valence-electron chi connectivity index (χ0n) is 16.0. The van der Waals surface area contributed by atoms with Crippen molar-refractivity contribution in [3.63, 3.8) is 0 Å². The summed E-state index contributed by atoms with van der Waals surface area (Å²) in [6, 6.07) is 0. The van der Waals surface area contributed by atoms with E-state index in [0.29, 0.717) is 32.6 Å². The fraction of sp³-hybridized carbons (Fsp3) is 0.895. The highest BCUT2D eigenvalue weighted by atomic mass is 16.4. The molecule has 148 valence electrons. The minimum absolute atomic E-state index is 0.0430. The number of amides is 1. The van der Waals surface area contributed by atoms with Crippen molar-refractivity contribution in [3.8, 4) is 0 Å². The Bertz CT molecular complexity index is 337. The number of aliphatic hydroxyl groups excluding tert-OH is 1. The Morgan fingerprint density at radius 1 is 0.840 bits per heavy atom. The Labute approximate surface area is 153 Å². The fourth-order valence-electron chi connectivity index (χ4n) is 2.76. The molecule has 6 nitrogen and oxygen atoms in total. The van der Waals surface area contributed by atoms with E-state index in [1.807, 2.05) is 0 Å². The van der Waals surface area contributed by atoms with Crippen LogP contribution in [0.15, 0.2) is 0 Å². The van der Waals surface area contributed by atoms with Crippen LogP contribution in [0.5, 0.6) is 0 Å². The number of rotatable bonds is 18. The van der Waals surface area contributed by atoms with Crippen LogP contribution in [0.1, 0.15) is 77.6 Å². The van der Waals surface area contributed by atoms with E-state index < -0.39 is 5.97 Å². The molecule has 0 bridgehead atoms. The highest BCUT2D eigenvalue weighted by Crippen LogP contribution is 2.11. The molecule has 0 saturated heterocycles.